The number of aromatic nitrogens is 1. The van der Waals surface area contributed by atoms with Gasteiger partial charge in [-0.25, -0.2) is 0 Å². The standard InChI is InChI=1S/C31H34N2O4/c34-24-9-8-21-17-25-31(36)12-10-23(33-14-11-22(29(33)35)16-19-4-2-1-3-5-19)28-30(31,26(21)27(24)37-28)13-15-32(25)18-20-6-7-20/h1-5,8-9,11,14,20,23,25,28,34-36H,6-7,10,12-13,15-18H2/t23-,25-,28+,30+,31-/m1/s1. The minimum Gasteiger partial charge on any atom is -0.504 e. The molecule has 1 aromatic heterocycles. The van der Waals surface area contributed by atoms with Gasteiger partial charge in [-0.15, -0.1) is 0 Å². The number of nitrogens with zero attached hydrogens (tertiary/aromatic N) is 2. The van der Waals surface area contributed by atoms with Crippen molar-refractivity contribution in [2.24, 2.45) is 5.92 Å². The van der Waals surface area contributed by atoms with E-state index in [9.17, 15) is 15.3 Å². The van der Waals surface area contributed by atoms with Gasteiger partial charge in [-0.3, -0.25) is 4.90 Å². The summed E-state index contributed by atoms with van der Waals surface area (Å²) in [6.07, 6.45) is 7.87. The quantitative estimate of drug-likeness (QED) is 0.489. The first kappa shape index (κ1) is 22.1. The highest BCUT2D eigenvalue weighted by molar-refractivity contribution is 5.62. The van der Waals surface area contributed by atoms with Crippen molar-refractivity contribution in [2.45, 2.75) is 74.1 Å². The second-order valence-electron chi connectivity index (χ2n) is 12.1. The zero-order valence-electron chi connectivity index (χ0n) is 21.0. The molecular formula is C31H34N2O4. The number of aromatic hydroxyl groups is 2. The maximum Gasteiger partial charge on any atom is 0.194 e. The summed E-state index contributed by atoms with van der Waals surface area (Å²) in [5.41, 5.74) is 2.78. The van der Waals surface area contributed by atoms with Crippen LogP contribution in [0.3, 0.4) is 0 Å². The van der Waals surface area contributed by atoms with E-state index in [1.807, 2.05) is 41.1 Å². The Labute approximate surface area is 217 Å². The Hall–Kier alpha value is -2.96. The summed E-state index contributed by atoms with van der Waals surface area (Å²) < 4.78 is 8.66. The Kier molecular flexibility index (Phi) is 4.50. The Morgan fingerprint density at radius 3 is 2.62 bits per heavy atom. The molecule has 6 nitrogen and oxygen atoms in total. The zero-order chi connectivity index (χ0) is 24.9. The average Bonchev–Trinajstić information content (AvgIpc) is 3.55. The fraction of sp³-hybridized carbons (Fsp3) is 0.484. The topological polar surface area (TPSA) is 78.1 Å². The highest BCUT2D eigenvalue weighted by Gasteiger charge is 2.73. The molecule has 2 aromatic carbocycles. The minimum atomic E-state index is -0.914. The van der Waals surface area contributed by atoms with Crippen LogP contribution >= 0.6 is 0 Å². The van der Waals surface area contributed by atoms with E-state index in [1.165, 1.54) is 18.4 Å². The van der Waals surface area contributed by atoms with Crippen LogP contribution < -0.4 is 4.74 Å². The van der Waals surface area contributed by atoms with E-state index in [0.717, 1.165) is 48.5 Å². The van der Waals surface area contributed by atoms with Crippen molar-refractivity contribution in [1.82, 2.24) is 9.47 Å². The highest BCUT2D eigenvalue weighted by Crippen LogP contribution is 2.67. The van der Waals surface area contributed by atoms with Crippen molar-refractivity contribution < 1.29 is 20.1 Å². The molecule has 2 bridgehead atoms. The summed E-state index contributed by atoms with van der Waals surface area (Å²) >= 11 is 0. The number of aliphatic hydroxyl groups is 1. The summed E-state index contributed by atoms with van der Waals surface area (Å²) in [4.78, 5) is 2.55. The lowest BCUT2D eigenvalue weighted by atomic mass is 9.48. The van der Waals surface area contributed by atoms with Crippen LogP contribution in [0.4, 0.5) is 0 Å². The highest BCUT2D eigenvalue weighted by atomic mass is 16.5. The second kappa shape index (κ2) is 7.55. The molecule has 3 fully saturated rings. The molecule has 8 rings (SSSR count). The third kappa shape index (κ3) is 2.89. The van der Waals surface area contributed by atoms with Crippen LogP contribution in [0.2, 0.25) is 0 Å². The van der Waals surface area contributed by atoms with Crippen LogP contribution in [0.1, 0.15) is 60.4 Å². The molecule has 5 atom stereocenters. The van der Waals surface area contributed by atoms with E-state index in [2.05, 4.69) is 17.0 Å². The third-order valence-corrected chi connectivity index (χ3v) is 10.3. The molecule has 1 saturated heterocycles. The van der Waals surface area contributed by atoms with Crippen LogP contribution in [0.15, 0.2) is 54.7 Å². The lowest BCUT2D eigenvalue weighted by molar-refractivity contribution is -0.195. The number of likely N-dealkylation sites (tertiary alicyclic amines) is 1. The first-order valence-electron chi connectivity index (χ1n) is 13.9. The summed E-state index contributed by atoms with van der Waals surface area (Å²) in [6.45, 7) is 2.00. The molecule has 3 N–H and O–H groups in total. The summed E-state index contributed by atoms with van der Waals surface area (Å²) in [6, 6.07) is 15.9. The van der Waals surface area contributed by atoms with E-state index in [1.54, 1.807) is 6.07 Å². The van der Waals surface area contributed by atoms with E-state index in [4.69, 9.17) is 4.74 Å². The van der Waals surface area contributed by atoms with Crippen molar-refractivity contribution in [3.05, 3.63) is 77.0 Å². The number of hydrogen-bond donors (Lipinski definition) is 3. The molecule has 3 aromatic rings. The number of hydrogen-bond acceptors (Lipinski definition) is 5. The number of ether oxygens (including phenoxy) is 1. The van der Waals surface area contributed by atoms with Gasteiger partial charge in [-0.05, 0) is 74.2 Å². The van der Waals surface area contributed by atoms with Gasteiger partial charge < -0.3 is 24.6 Å². The molecule has 3 heterocycles. The number of rotatable bonds is 5. The number of piperidine rings is 1. The van der Waals surface area contributed by atoms with Gasteiger partial charge in [-0.2, -0.15) is 0 Å². The summed E-state index contributed by atoms with van der Waals surface area (Å²) in [5.74, 6) is 1.75. The molecule has 2 saturated carbocycles. The van der Waals surface area contributed by atoms with Gasteiger partial charge in [-0.1, -0.05) is 36.4 Å². The number of phenols is 1. The largest absolute Gasteiger partial charge is 0.504 e. The molecule has 0 amide bonds. The lowest BCUT2D eigenvalue weighted by Gasteiger charge is -2.64. The fourth-order valence-corrected chi connectivity index (χ4v) is 8.44. The maximum absolute atomic E-state index is 12.7. The van der Waals surface area contributed by atoms with Gasteiger partial charge in [0, 0.05) is 36.3 Å². The van der Waals surface area contributed by atoms with E-state index in [0.29, 0.717) is 25.0 Å². The molecule has 5 aliphatic rings. The Balaban J connectivity index is 1.22. The predicted octanol–water partition coefficient (Wildman–Crippen LogP) is 4.30. The molecule has 0 radical (unpaired) electrons. The van der Waals surface area contributed by atoms with Crippen molar-refractivity contribution in [3.8, 4) is 17.4 Å². The Morgan fingerprint density at radius 2 is 1.81 bits per heavy atom. The fourth-order valence-electron chi connectivity index (χ4n) is 8.44. The van der Waals surface area contributed by atoms with Crippen LogP contribution in [-0.4, -0.2) is 55.6 Å². The zero-order valence-corrected chi connectivity index (χ0v) is 21.0. The lowest BCUT2D eigenvalue weighted by Crippen LogP contribution is -2.76. The first-order valence-corrected chi connectivity index (χ1v) is 13.9. The molecule has 0 unspecified atom stereocenters. The van der Waals surface area contributed by atoms with Crippen molar-refractivity contribution >= 4 is 0 Å². The molecule has 37 heavy (non-hydrogen) atoms. The molecule has 1 spiro atoms. The SMILES string of the molecule is Oc1ccc2c3c1O[C@H]1[C@H](n4ccc(Cc5ccccc5)c4O)CC[C@@]4(O)[C@@H](C2)N(CC2CC2)CC[C@]314. The second-order valence-corrected chi connectivity index (χ2v) is 12.1. The maximum atomic E-state index is 12.7. The van der Waals surface area contributed by atoms with E-state index < -0.39 is 11.0 Å². The molecular weight excluding hydrogens is 464 g/mol. The first-order chi connectivity index (χ1) is 18.0. The van der Waals surface area contributed by atoms with Crippen LogP contribution in [0.25, 0.3) is 0 Å². The van der Waals surface area contributed by atoms with Crippen molar-refractivity contribution in [1.29, 1.82) is 0 Å². The molecule has 2 aliphatic heterocycles. The Morgan fingerprint density at radius 1 is 0.973 bits per heavy atom. The Bertz CT molecular complexity index is 1380. The van der Waals surface area contributed by atoms with Crippen molar-refractivity contribution in [2.75, 3.05) is 13.1 Å². The van der Waals surface area contributed by atoms with Crippen LogP contribution in [-0.2, 0) is 18.3 Å². The smallest absolute Gasteiger partial charge is 0.194 e. The van der Waals surface area contributed by atoms with Gasteiger partial charge in [0.05, 0.1) is 17.1 Å². The normalized spacial score (nSPS) is 33.7. The number of phenolic OH excluding ortho intramolecular Hbond substituents is 1. The third-order valence-electron chi connectivity index (χ3n) is 10.3. The van der Waals surface area contributed by atoms with E-state index >= 15 is 0 Å². The van der Waals surface area contributed by atoms with Gasteiger partial charge >= 0.3 is 0 Å². The summed E-state index contributed by atoms with van der Waals surface area (Å²) in [5, 5.41) is 34.9. The van der Waals surface area contributed by atoms with Crippen LogP contribution in [0, 0.1) is 5.92 Å². The van der Waals surface area contributed by atoms with Crippen LogP contribution in [0.5, 0.6) is 17.4 Å². The molecule has 192 valence electrons. The van der Waals surface area contributed by atoms with Gasteiger partial charge in [0.1, 0.15) is 6.10 Å². The van der Waals surface area contributed by atoms with Gasteiger partial charge in [0.25, 0.3) is 0 Å². The average molecular weight is 499 g/mol. The van der Waals surface area contributed by atoms with E-state index in [-0.39, 0.29) is 29.8 Å². The monoisotopic (exact) mass is 498 g/mol. The number of benzene rings is 2. The van der Waals surface area contributed by atoms with Crippen molar-refractivity contribution in [3.63, 3.8) is 0 Å². The predicted molar refractivity (Wildman–Crippen MR) is 139 cm³/mol. The van der Waals surface area contributed by atoms with Gasteiger partial charge in [0.2, 0.25) is 0 Å². The summed E-state index contributed by atoms with van der Waals surface area (Å²) in [7, 11) is 0. The molecule has 6 heteroatoms. The van der Waals surface area contributed by atoms with Gasteiger partial charge in [0.15, 0.2) is 17.4 Å². The molecule has 3 aliphatic carbocycles. The minimum absolute atomic E-state index is 0.0591.